The first kappa shape index (κ1) is 19.5. The van der Waals surface area contributed by atoms with E-state index in [1.54, 1.807) is 18.3 Å². The lowest BCUT2D eigenvalue weighted by Gasteiger charge is -2.31. The minimum absolute atomic E-state index is 0.370. The molecule has 1 aromatic carbocycles. The monoisotopic (exact) mass is 337 g/mol. The molecule has 128 valence electrons. The molecular weight excluding hydrogens is 310 g/mol. The minimum atomic E-state index is -3.43. The highest BCUT2D eigenvalue weighted by molar-refractivity contribution is 7.89. The van der Waals surface area contributed by atoms with E-state index in [2.05, 4.69) is 10.3 Å². The van der Waals surface area contributed by atoms with Crippen LogP contribution >= 0.6 is 0 Å². The summed E-state index contributed by atoms with van der Waals surface area (Å²) in [7, 11) is -3.43. The lowest BCUT2D eigenvalue weighted by Crippen LogP contribution is -2.54. The number of rotatable bonds is 2. The molecule has 0 bridgehead atoms. The van der Waals surface area contributed by atoms with E-state index < -0.39 is 10.0 Å². The number of aryl methyl sites for hydroxylation is 2. The van der Waals surface area contributed by atoms with Gasteiger partial charge in [0, 0.05) is 22.7 Å². The van der Waals surface area contributed by atoms with Crippen LogP contribution in [0.5, 0.6) is 0 Å². The molecule has 2 heterocycles. The molecule has 2 aromatic rings. The van der Waals surface area contributed by atoms with Gasteiger partial charge in [-0.15, -0.1) is 0 Å². The SMILES string of the molecule is CC.CC.Cc1ncc(C)c2c(S(=O)(=O)N3CNC3)cccc12. The summed E-state index contributed by atoms with van der Waals surface area (Å²) in [5, 5.41) is 4.62. The minimum Gasteiger partial charge on any atom is -0.290 e. The second kappa shape index (κ2) is 8.38. The van der Waals surface area contributed by atoms with Crippen LogP contribution in [0.25, 0.3) is 10.8 Å². The van der Waals surface area contributed by atoms with E-state index >= 15 is 0 Å². The summed E-state index contributed by atoms with van der Waals surface area (Å²) in [6.45, 7) is 12.5. The van der Waals surface area contributed by atoms with Crippen LogP contribution in [0.3, 0.4) is 0 Å². The Morgan fingerprint density at radius 2 is 1.70 bits per heavy atom. The van der Waals surface area contributed by atoms with Gasteiger partial charge in [-0.2, -0.15) is 4.31 Å². The van der Waals surface area contributed by atoms with Gasteiger partial charge in [0.1, 0.15) is 0 Å². The maximum atomic E-state index is 12.6. The van der Waals surface area contributed by atoms with Crippen LogP contribution < -0.4 is 5.32 Å². The summed E-state index contributed by atoms with van der Waals surface area (Å²) in [6, 6.07) is 5.36. The highest BCUT2D eigenvalue weighted by Gasteiger charge is 2.30. The van der Waals surface area contributed by atoms with Gasteiger partial charge in [0.15, 0.2) is 0 Å². The Balaban J connectivity index is 0.000000615. The Kier molecular flexibility index (Phi) is 7.12. The highest BCUT2D eigenvalue weighted by atomic mass is 32.2. The van der Waals surface area contributed by atoms with Crippen molar-refractivity contribution in [1.29, 1.82) is 0 Å². The third-order valence-corrected chi connectivity index (χ3v) is 5.29. The summed E-state index contributed by atoms with van der Waals surface area (Å²) in [6.07, 6.45) is 1.73. The third-order valence-electron chi connectivity index (χ3n) is 3.46. The van der Waals surface area contributed by atoms with E-state index in [0.717, 1.165) is 22.0 Å². The number of aromatic nitrogens is 1. The normalized spacial score (nSPS) is 14.2. The maximum Gasteiger partial charge on any atom is 0.246 e. The lowest BCUT2D eigenvalue weighted by atomic mass is 10.1. The van der Waals surface area contributed by atoms with Crippen LogP contribution in [0.4, 0.5) is 0 Å². The molecule has 1 fully saturated rings. The largest absolute Gasteiger partial charge is 0.290 e. The fourth-order valence-electron chi connectivity index (χ4n) is 2.29. The molecule has 0 atom stereocenters. The number of nitrogens with one attached hydrogen (secondary N) is 1. The number of hydrogen-bond acceptors (Lipinski definition) is 4. The molecule has 1 saturated heterocycles. The van der Waals surface area contributed by atoms with Crippen molar-refractivity contribution in [2.45, 2.75) is 46.4 Å². The smallest absolute Gasteiger partial charge is 0.246 e. The number of sulfonamides is 1. The van der Waals surface area contributed by atoms with Crippen molar-refractivity contribution in [2.75, 3.05) is 13.3 Å². The zero-order valence-electron chi connectivity index (χ0n) is 14.8. The molecule has 0 radical (unpaired) electrons. The molecule has 23 heavy (non-hydrogen) atoms. The first-order valence-electron chi connectivity index (χ1n) is 8.07. The second-order valence-electron chi connectivity index (χ2n) is 4.73. The zero-order valence-corrected chi connectivity index (χ0v) is 15.7. The van der Waals surface area contributed by atoms with E-state index in [1.165, 1.54) is 4.31 Å². The fourth-order valence-corrected chi connectivity index (χ4v) is 3.87. The molecule has 1 aliphatic rings. The molecule has 0 spiro atoms. The van der Waals surface area contributed by atoms with Gasteiger partial charge in [0.2, 0.25) is 10.0 Å². The molecule has 6 heteroatoms. The van der Waals surface area contributed by atoms with Gasteiger partial charge in [0.05, 0.1) is 18.2 Å². The molecule has 0 aliphatic carbocycles. The first-order chi connectivity index (χ1) is 11.0. The van der Waals surface area contributed by atoms with Gasteiger partial charge in [-0.05, 0) is 25.5 Å². The number of hydrogen-bond donors (Lipinski definition) is 1. The summed E-state index contributed by atoms with van der Waals surface area (Å²) in [4.78, 5) is 4.66. The fraction of sp³-hybridized carbons (Fsp3) is 0.471. The van der Waals surface area contributed by atoms with E-state index in [9.17, 15) is 8.42 Å². The van der Waals surface area contributed by atoms with Gasteiger partial charge in [-0.25, -0.2) is 8.42 Å². The van der Waals surface area contributed by atoms with Gasteiger partial charge < -0.3 is 0 Å². The van der Waals surface area contributed by atoms with Crippen LogP contribution in [0.2, 0.25) is 0 Å². The molecule has 3 rings (SSSR count). The van der Waals surface area contributed by atoms with E-state index in [0.29, 0.717) is 18.2 Å². The predicted octanol–water partition coefficient (Wildman–Crippen LogP) is 3.41. The van der Waals surface area contributed by atoms with Crippen molar-refractivity contribution in [2.24, 2.45) is 0 Å². The van der Waals surface area contributed by atoms with E-state index in [-0.39, 0.29) is 0 Å². The Morgan fingerprint density at radius 1 is 1.09 bits per heavy atom. The van der Waals surface area contributed by atoms with Crippen LogP contribution in [-0.2, 0) is 10.0 Å². The maximum absolute atomic E-state index is 12.6. The molecule has 0 saturated carbocycles. The van der Waals surface area contributed by atoms with E-state index in [1.807, 2.05) is 47.6 Å². The van der Waals surface area contributed by atoms with Crippen LogP contribution in [0, 0.1) is 13.8 Å². The van der Waals surface area contributed by atoms with Crippen molar-refractivity contribution in [3.05, 3.63) is 35.7 Å². The molecule has 0 unspecified atom stereocenters. The molecular formula is C17H27N3O2S. The lowest BCUT2D eigenvalue weighted by molar-refractivity contribution is 0.255. The second-order valence-corrected chi connectivity index (χ2v) is 6.63. The van der Waals surface area contributed by atoms with Crippen LogP contribution in [-0.4, -0.2) is 31.0 Å². The molecule has 1 N–H and O–H groups in total. The van der Waals surface area contributed by atoms with Gasteiger partial charge in [-0.1, -0.05) is 39.8 Å². The Labute approximate surface area is 139 Å². The van der Waals surface area contributed by atoms with Gasteiger partial charge in [-0.3, -0.25) is 10.3 Å². The zero-order chi connectivity index (χ0) is 17.6. The van der Waals surface area contributed by atoms with Crippen molar-refractivity contribution < 1.29 is 8.42 Å². The Bertz CT molecular complexity index is 754. The highest BCUT2D eigenvalue weighted by Crippen LogP contribution is 2.29. The summed E-state index contributed by atoms with van der Waals surface area (Å²) in [5.41, 5.74) is 1.73. The molecule has 1 aliphatic heterocycles. The molecule has 1 aromatic heterocycles. The average Bonchev–Trinajstić information content (AvgIpc) is 2.52. The topological polar surface area (TPSA) is 62.3 Å². The first-order valence-corrected chi connectivity index (χ1v) is 9.51. The predicted molar refractivity (Wildman–Crippen MR) is 95.8 cm³/mol. The third kappa shape index (κ3) is 3.71. The van der Waals surface area contributed by atoms with Crippen LogP contribution in [0.1, 0.15) is 39.0 Å². The number of pyridine rings is 1. The quantitative estimate of drug-likeness (QED) is 0.912. The summed E-state index contributed by atoms with van der Waals surface area (Å²) < 4.78 is 26.5. The van der Waals surface area contributed by atoms with Crippen molar-refractivity contribution in [3.8, 4) is 0 Å². The van der Waals surface area contributed by atoms with Crippen LogP contribution in [0.15, 0.2) is 29.3 Å². The standard InChI is InChI=1S/C13H15N3O2S.2C2H6/c1-9-6-15-10(2)11-4-3-5-12(13(9)11)19(17,18)16-7-14-8-16;2*1-2/h3-6,14H,7-8H2,1-2H3;2*1-2H3. The number of fused-ring (bicyclic) bond motifs is 1. The Hall–Kier alpha value is -1.50. The molecule has 5 nitrogen and oxygen atoms in total. The van der Waals surface area contributed by atoms with Crippen molar-refractivity contribution in [1.82, 2.24) is 14.6 Å². The van der Waals surface area contributed by atoms with Gasteiger partial charge >= 0.3 is 0 Å². The van der Waals surface area contributed by atoms with Crippen molar-refractivity contribution in [3.63, 3.8) is 0 Å². The Morgan fingerprint density at radius 3 is 2.22 bits per heavy atom. The average molecular weight is 337 g/mol. The van der Waals surface area contributed by atoms with Gasteiger partial charge in [0.25, 0.3) is 0 Å². The van der Waals surface area contributed by atoms with Crippen molar-refractivity contribution >= 4 is 20.8 Å². The number of benzene rings is 1. The summed E-state index contributed by atoms with van der Waals surface area (Å²) in [5.74, 6) is 0. The number of nitrogens with zero attached hydrogens (tertiary/aromatic N) is 2. The van der Waals surface area contributed by atoms with E-state index in [4.69, 9.17) is 0 Å². The summed E-state index contributed by atoms with van der Waals surface area (Å²) >= 11 is 0. The molecule has 0 amide bonds.